The molecule has 1 aromatic carbocycles. The lowest BCUT2D eigenvalue weighted by Crippen LogP contribution is -1.89. The Morgan fingerprint density at radius 2 is 1.05 bits per heavy atom. The molecule has 0 unspecified atom stereocenters. The average molecular weight is 258 g/mol. The molecule has 4 nitrogen and oxygen atoms in total. The van der Waals surface area contributed by atoms with Crippen LogP contribution in [0.15, 0.2) is 23.3 Å². The van der Waals surface area contributed by atoms with E-state index in [2.05, 4.69) is 0 Å². The van der Waals surface area contributed by atoms with Crippen LogP contribution in [-0.4, -0.2) is 0 Å². The number of nitriles is 4. The van der Waals surface area contributed by atoms with Crippen molar-refractivity contribution < 1.29 is 0 Å². The molecule has 0 atom stereocenters. The smallest absolute Gasteiger partial charge is 0.130 e. The van der Waals surface area contributed by atoms with Crippen molar-refractivity contribution in [3.8, 4) is 24.3 Å². The van der Waals surface area contributed by atoms with Gasteiger partial charge in [-0.1, -0.05) is 12.1 Å². The molecule has 0 aromatic heterocycles. The topological polar surface area (TPSA) is 95.2 Å². The van der Waals surface area contributed by atoms with E-state index in [4.69, 9.17) is 21.0 Å². The fourth-order valence-electron chi connectivity index (χ4n) is 1.66. The summed E-state index contributed by atoms with van der Waals surface area (Å²) in [5.41, 5.74) is 3.33. The van der Waals surface area contributed by atoms with Crippen LogP contribution in [0.5, 0.6) is 0 Å². The molecule has 0 aliphatic rings. The van der Waals surface area contributed by atoms with Crippen LogP contribution in [0.3, 0.4) is 0 Å². The molecular formula is C16H10N4. The van der Waals surface area contributed by atoms with E-state index in [-0.39, 0.29) is 11.1 Å². The number of nitrogens with zero attached hydrogens (tertiary/aromatic N) is 4. The van der Waals surface area contributed by atoms with Gasteiger partial charge in [0.2, 0.25) is 0 Å². The number of aryl methyl sites for hydroxylation is 2. The van der Waals surface area contributed by atoms with E-state index in [1.807, 2.05) is 50.3 Å². The first kappa shape index (κ1) is 14.7. The molecule has 0 bridgehead atoms. The average Bonchev–Trinajstić information content (AvgIpc) is 2.46. The van der Waals surface area contributed by atoms with E-state index in [1.54, 1.807) is 0 Å². The largest absolute Gasteiger partial charge is 0.192 e. The minimum Gasteiger partial charge on any atom is -0.192 e. The Hall–Kier alpha value is -3.34. The van der Waals surface area contributed by atoms with Gasteiger partial charge in [0, 0.05) is 0 Å². The van der Waals surface area contributed by atoms with Gasteiger partial charge in [-0.15, -0.1) is 0 Å². The Morgan fingerprint density at radius 1 is 0.750 bits per heavy atom. The number of hydrogen-bond donors (Lipinski definition) is 0. The van der Waals surface area contributed by atoms with Gasteiger partial charge >= 0.3 is 0 Å². The summed E-state index contributed by atoms with van der Waals surface area (Å²) in [4.78, 5) is 0. The SMILES string of the molecule is Cc1cc(C=C(C#N)C#N)c(C)cc1C=C(C#N)C#N. The van der Waals surface area contributed by atoms with Gasteiger partial charge in [-0.2, -0.15) is 21.0 Å². The minimum absolute atomic E-state index is 0.0329. The van der Waals surface area contributed by atoms with E-state index < -0.39 is 0 Å². The standard InChI is InChI=1S/C16H10N4/c1-11-3-16(6-14(9-19)10-20)12(2)4-15(11)5-13(7-17)8-18/h3-6H,1-2H3. The molecule has 0 saturated carbocycles. The summed E-state index contributed by atoms with van der Waals surface area (Å²) < 4.78 is 0. The van der Waals surface area contributed by atoms with Crippen molar-refractivity contribution >= 4 is 12.2 Å². The van der Waals surface area contributed by atoms with Gasteiger partial charge in [-0.25, -0.2) is 0 Å². The van der Waals surface area contributed by atoms with Crippen LogP contribution in [0.1, 0.15) is 22.3 Å². The number of rotatable bonds is 2. The van der Waals surface area contributed by atoms with E-state index in [0.717, 1.165) is 22.3 Å². The number of allylic oxidation sites excluding steroid dienone is 2. The molecule has 0 N–H and O–H groups in total. The molecule has 0 radical (unpaired) electrons. The van der Waals surface area contributed by atoms with Crippen LogP contribution in [-0.2, 0) is 0 Å². The first-order chi connectivity index (χ1) is 9.55. The zero-order valence-corrected chi connectivity index (χ0v) is 11.1. The summed E-state index contributed by atoms with van der Waals surface area (Å²) in [5.74, 6) is 0. The van der Waals surface area contributed by atoms with Crippen molar-refractivity contribution in [1.29, 1.82) is 21.0 Å². The summed E-state index contributed by atoms with van der Waals surface area (Å²) in [6.45, 7) is 3.68. The van der Waals surface area contributed by atoms with E-state index in [1.165, 1.54) is 12.2 Å². The lowest BCUT2D eigenvalue weighted by Gasteiger charge is -2.06. The number of benzene rings is 1. The van der Waals surface area contributed by atoms with Crippen molar-refractivity contribution in [3.05, 3.63) is 45.5 Å². The predicted octanol–water partition coefficient (Wildman–Crippen LogP) is 3.16. The van der Waals surface area contributed by atoms with Crippen LogP contribution >= 0.6 is 0 Å². The lowest BCUT2D eigenvalue weighted by molar-refractivity contribution is 1.35. The molecule has 20 heavy (non-hydrogen) atoms. The van der Waals surface area contributed by atoms with Crippen LogP contribution in [0.2, 0.25) is 0 Å². The molecule has 0 aliphatic heterocycles. The second kappa shape index (κ2) is 6.55. The van der Waals surface area contributed by atoms with Gasteiger partial charge in [0.25, 0.3) is 0 Å². The molecule has 0 aliphatic carbocycles. The molecule has 0 amide bonds. The van der Waals surface area contributed by atoms with Gasteiger partial charge < -0.3 is 0 Å². The third-order valence-electron chi connectivity index (χ3n) is 2.74. The van der Waals surface area contributed by atoms with E-state index >= 15 is 0 Å². The predicted molar refractivity (Wildman–Crippen MR) is 74.3 cm³/mol. The summed E-state index contributed by atoms with van der Waals surface area (Å²) in [5, 5.41) is 35.1. The fourth-order valence-corrected chi connectivity index (χ4v) is 1.66. The Kier molecular flexibility index (Phi) is 4.82. The second-order valence-electron chi connectivity index (χ2n) is 4.13. The van der Waals surface area contributed by atoms with Crippen LogP contribution in [0, 0.1) is 59.2 Å². The second-order valence-corrected chi connectivity index (χ2v) is 4.13. The minimum atomic E-state index is 0.0329. The fraction of sp³-hybridized carbons (Fsp3) is 0.125. The van der Waals surface area contributed by atoms with Gasteiger partial charge in [0.1, 0.15) is 35.4 Å². The molecule has 4 heteroatoms. The number of hydrogen-bond acceptors (Lipinski definition) is 4. The van der Waals surface area contributed by atoms with Crippen molar-refractivity contribution in [2.24, 2.45) is 0 Å². The van der Waals surface area contributed by atoms with E-state index in [9.17, 15) is 0 Å². The molecule has 0 heterocycles. The van der Waals surface area contributed by atoms with Crippen LogP contribution in [0.4, 0.5) is 0 Å². The Labute approximate surface area is 117 Å². The zero-order chi connectivity index (χ0) is 15.1. The Morgan fingerprint density at radius 3 is 1.30 bits per heavy atom. The Balaban J connectivity index is 3.40. The van der Waals surface area contributed by atoms with E-state index in [0.29, 0.717) is 0 Å². The highest BCUT2D eigenvalue weighted by atomic mass is 14.3. The summed E-state index contributed by atoms with van der Waals surface area (Å²) in [6, 6.07) is 10.9. The molecule has 94 valence electrons. The molecule has 0 spiro atoms. The van der Waals surface area contributed by atoms with Crippen molar-refractivity contribution in [2.75, 3.05) is 0 Å². The molecule has 0 saturated heterocycles. The van der Waals surface area contributed by atoms with Gasteiger partial charge in [0.05, 0.1) is 0 Å². The first-order valence-electron chi connectivity index (χ1n) is 5.70. The quantitative estimate of drug-likeness (QED) is 0.761. The molecule has 1 rings (SSSR count). The normalized spacial score (nSPS) is 8.30. The maximum Gasteiger partial charge on any atom is 0.130 e. The maximum absolute atomic E-state index is 8.76. The van der Waals surface area contributed by atoms with Gasteiger partial charge in [-0.3, -0.25) is 0 Å². The zero-order valence-electron chi connectivity index (χ0n) is 11.1. The third kappa shape index (κ3) is 3.33. The van der Waals surface area contributed by atoms with Gasteiger partial charge in [0.15, 0.2) is 0 Å². The summed E-state index contributed by atoms with van der Waals surface area (Å²) in [6.07, 6.45) is 3.04. The highest BCUT2D eigenvalue weighted by Gasteiger charge is 2.04. The molecule has 1 aromatic rings. The van der Waals surface area contributed by atoms with Crippen LogP contribution in [0.25, 0.3) is 12.2 Å². The third-order valence-corrected chi connectivity index (χ3v) is 2.74. The lowest BCUT2D eigenvalue weighted by atomic mass is 9.97. The molecular weight excluding hydrogens is 248 g/mol. The highest BCUT2D eigenvalue weighted by Crippen LogP contribution is 2.20. The first-order valence-corrected chi connectivity index (χ1v) is 5.70. The summed E-state index contributed by atoms with van der Waals surface area (Å²) >= 11 is 0. The summed E-state index contributed by atoms with van der Waals surface area (Å²) in [7, 11) is 0. The monoisotopic (exact) mass is 258 g/mol. The van der Waals surface area contributed by atoms with Crippen LogP contribution < -0.4 is 0 Å². The molecule has 0 fully saturated rings. The van der Waals surface area contributed by atoms with Crippen molar-refractivity contribution in [2.45, 2.75) is 13.8 Å². The van der Waals surface area contributed by atoms with Gasteiger partial charge in [-0.05, 0) is 48.3 Å². The Bertz CT molecular complexity index is 669. The maximum atomic E-state index is 8.76. The highest BCUT2D eigenvalue weighted by molar-refractivity contribution is 5.70. The van der Waals surface area contributed by atoms with Crippen molar-refractivity contribution in [3.63, 3.8) is 0 Å². The van der Waals surface area contributed by atoms with Crippen molar-refractivity contribution in [1.82, 2.24) is 0 Å².